The molecule has 5 atom stereocenters. The topological polar surface area (TPSA) is 89.1 Å². The van der Waals surface area contributed by atoms with E-state index in [-0.39, 0.29) is 21.4 Å². The van der Waals surface area contributed by atoms with E-state index in [1.807, 2.05) is 23.9 Å². The van der Waals surface area contributed by atoms with Gasteiger partial charge in [-0.25, -0.2) is 0 Å². The van der Waals surface area contributed by atoms with Gasteiger partial charge >= 0.3 is 4.87 Å². The van der Waals surface area contributed by atoms with Crippen LogP contribution in [0.5, 0.6) is 0 Å². The van der Waals surface area contributed by atoms with Gasteiger partial charge in [-0.3, -0.25) is 14.9 Å². The Balaban J connectivity index is 1.47. The van der Waals surface area contributed by atoms with Crippen LogP contribution in [0.2, 0.25) is 0 Å². The number of thiazole rings is 1. The van der Waals surface area contributed by atoms with Crippen LogP contribution in [0.25, 0.3) is 11.3 Å². The number of para-hydroxylation sites is 1. The fourth-order valence-corrected chi connectivity index (χ4v) is 8.55. The lowest BCUT2D eigenvalue weighted by atomic mass is 9.77. The van der Waals surface area contributed by atoms with Crippen molar-refractivity contribution in [2.24, 2.45) is 17.8 Å². The maximum atomic E-state index is 12.1. The smallest absolute Gasteiger partial charge is 0.305 e. The molecule has 2 fully saturated rings. The van der Waals surface area contributed by atoms with Gasteiger partial charge in [0.1, 0.15) is 11.5 Å². The van der Waals surface area contributed by atoms with E-state index in [9.17, 15) is 14.9 Å². The van der Waals surface area contributed by atoms with Crippen molar-refractivity contribution in [3.05, 3.63) is 66.8 Å². The number of thioether (sulfide) groups is 1. The zero-order valence-corrected chi connectivity index (χ0v) is 17.0. The summed E-state index contributed by atoms with van der Waals surface area (Å²) >= 11 is 3.13. The van der Waals surface area contributed by atoms with Crippen molar-refractivity contribution >= 4 is 28.8 Å². The number of nitrogens with zero attached hydrogens (tertiary/aromatic N) is 1. The molecule has 2 aliphatic carbocycles. The van der Waals surface area contributed by atoms with Gasteiger partial charge in [0, 0.05) is 11.3 Å². The highest BCUT2D eigenvalue weighted by molar-refractivity contribution is 8.00. The third-order valence-corrected chi connectivity index (χ3v) is 9.39. The lowest BCUT2D eigenvalue weighted by Gasteiger charge is -2.38. The van der Waals surface area contributed by atoms with Crippen LogP contribution < -0.4 is 4.87 Å². The molecule has 3 aliphatic rings. The fraction of sp³-hybridized carbons (Fsp3) is 0.381. The summed E-state index contributed by atoms with van der Waals surface area (Å²) in [6.45, 7) is 0. The van der Waals surface area contributed by atoms with E-state index in [0.29, 0.717) is 34.3 Å². The number of hydrogen-bond donors (Lipinski definition) is 1. The van der Waals surface area contributed by atoms with E-state index in [1.54, 1.807) is 18.2 Å². The largest absolute Gasteiger partial charge is 0.460 e. The summed E-state index contributed by atoms with van der Waals surface area (Å²) in [5.74, 6) is 3.20. The minimum Gasteiger partial charge on any atom is -0.460 e. The van der Waals surface area contributed by atoms with Crippen molar-refractivity contribution in [1.82, 2.24) is 4.98 Å². The number of nitrogens with one attached hydrogen (secondary N) is 1. The summed E-state index contributed by atoms with van der Waals surface area (Å²) < 4.78 is 6.26. The molecule has 3 heterocycles. The molecule has 6 nitrogen and oxygen atoms in total. The minimum atomic E-state index is -0.378. The molecule has 2 aromatic heterocycles. The Hall–Kier alpha value is -2.32. The predicted octanol–water partition coefficient (Wildman–Crippen LogP) is 5.26. The maximum Gasteiger partial charge on any atom is 0.305 e. The molecule has 2 bridgehead atoms. The van der Waals surface area contributed by atoms with Crippen molar-refractivity contribution in [3.8, 4) is 11.3 Å². The van der Waals surface area contributed by atoms with E-state index in [2.05, 4.69) is 4.98 Å². The second-order valence-corrected chi connectivity index (χ2v) is 10.4. The van der Waals surface area contributed by atoms with Gasteiger partial charge in [-0.1, -0.05) is 23.5 Å². The first-order valence-corrected chi connectivity index (χ1v) is 11.5. The molecule has 8 heteroatoms. The Bertz CT molecular complexity index is 1180. The van der Waals surface area contributed by atoms with Crippen LogP contribution in [0.1, 0.15) is 35.8 Å². The van der Waals surface area contributed by atoms with Crippen LogP contribution in [-0.4, -0.2) is 15.2 Å². The summed E-state index contributed by atoms with van der Waals surface area (Å²) in [6.07, 6.45) is 3.78. The molecule has 1 N–H and O–H groups in total. The molecule has 0 radical (unpaired) electrons. The summed E-state index contributed by atoms with van der Waals surface area (Å²) in [5, 5.41) is 12.9. The van der Waals surface area contributed by atoms with E-state index in [0.717, 1.165) is 15.7 Å². The molecular weight excluding hydrogens is 408 g/mol. The Morgan fingerprint density at radius 2 is 1.97 bits per heavy atom. The van der Waals surface area contributed by atoms with Gasteiger partial charge in [-0.05, 0) is 55.2 Å². The first-order valence-electron chi connectivity index (χ1n) is 9.83. The van der Waals surface area contributed by atoms with Gasteiger partial charge in [0.05, 0.1) is 26.3 Å². The summed E-state index contributed by atoms with van der Waals surface area (Å²) in [5.41, 5.74) is 0.526. The normalized spacial score (nSPS) is 29.6. The number of aromatic nitrogens is 1. The molecule has 6 rings (SSSR count). The monoisotopic (exact) mass is 426 g/mol. The van der Waals surface area contributed by atoms with Gasteiger partial charge in [-0.2, -0.15) is 0 Å². The van der Waals surface area contributed by atoms with Crippen LogP contribution in [0, 0.1) is 27.9 Å². The molecule has 0 spiro atoms. The summed E-state index contributed by atoms with van der Waals surface area (Å²) in [6, 6.07) is 10.4. The Labute approximate surface area is 174 Å². The average Bonchev–Trinajstić information content (AvgIpc) is 3.49. The summed E-state index contributed by atoms with van der Waals surface area (Å²) in [4.78, 5) is 27.2. The van der Waals surface area contributed by atoms with Gasteiger partial charge in [-0.15, -0.1) is 11.8 Å². The van der Waals surface area contributed by atoms with Crippen molar-refractivity contribution in [1.29, 1.82) is 0 Å². The van der Waals surface area contributed by atoms with Crippen molar-refractivity contribution in [2.75, 3.05) is 0 Å². The fourth-order valence-electron chi connectivity index (χ4n) is 5.67. The molecule has 2 saturated carbocycles. The van der Waals surface area contributed by atoms with Crippen LogP contribution in [-0.2, 0) is 0 Å². The van der Waals surface area contributed by atoms with Crippen LogP contribution in [0.15, 0.2) is 50.6 Å². The average molecular weight is 427 g/mol. The number of aromatic amines is 1. The molecular formula is C21H18N2O4S2. The number of nitro groups is 1. The highest BCUT2D eigenvalue weighted by atomic mass is 32.2. The van der Waals surface area contributed by atoms with E-state index in [4.69, 9.17) is 4.42 Å². The van der Waals surface area contributed by atoms with E-state index < -0.39 is 0 Å². The molecule has 0 amide bonds. The second kappa shape index (κ2) is 6.34. The number of rotatable bonds is 3. The molecule has 148 valence electrons. The lowest BCUT2D eigenvalue weighted by Crippen LogP contribution is -2.33. The van der Waals surface area contributed by atoms with E-state index in [1.165, 1.54) is 36.7 Å². The van der Waals surface area contributed by atoms with Crippen LogP contribution in [0.4, 0.5) is 5.69 Å². The maximum absolute atomic E-state index is 12.1. The molecule has 3 aromatic rings. The summed E-state index contributed by atoms with van der Waals surface area (Å²) in [7, 11) is 0. The standard InChI is InChI=1S/C21H18N2O4S2/c24-21-22-20-19(29-21)17(16-10-5-6-11(9-10)18(16)28-20)15-8-7-14(27-15)12-3-1-2-4-13(12)23(25)26/h1-4,7-8,10-11,16-18H,5-6,9H2,(H,22,24). The molecule has 29 heavy (non-hydrogen) atoms. The van der Waals surface area contributed by atoms with Gasteiger partial charge in [0.25, 0.3) is 5.69 Å². The molecule has 1 aromatic carbocycles. The predicted molar refractivity (Wildman–Crippen MR) is 112 cm³/mol. The number of nitro benzene ring substituents is 1. The lowest BCUT2D eigenvalue weighted by molar-refractivity contribution is -0.384. The SMILES string of the molecule is O=c1[nH]c2c(s1)C(c1ccc(-c3ccccc3[N+](=O)[O-])o1)C1C3CCC(C3)C1S2. The quantitative estimate of drug-likeness (QED) is 0.456. The number of H-pyrrole nitrogens is 1. The second-order valence-electron chi connectivity index (χ2n) is 8.15. The molecule has 0 saturated heterocycles. The Morgan fingerprint density at radius 3 is 2.83 bits per heavy atom. The zero-order valence-electron chi connectivity index (χ0n) is 15.4. The third kappa shape index (κ3) is 2.58. The number of furan rings is 1. The number of fused-ring (bicyclic) bond motifs is 6. The first-order chi connectivity index (χ1) is 14.1. The minimum absolute atomic E-state index is 0.0229. The van der Waals surface area contributed by atoms with Crippen LogP contribution in [0.3, 0.4) is 0 Å². The highest BCUT2D eigenvalue weighted by Gasteiger charge is 2.55. The van der Waals surface area contributed by atoms with Gasteiger partial charge < -0.3 is 9.40 Å². The first kappa shape index (κ1) is 17.5. The van der Waals surface area contributed by atoms with Gasteiger partial charge in [0.15, 0.2) is 0 Å². The number of benzene rings is 1. The van der Waals surface area contributed by atoms with Crippen molar-refractivity contribution < 1.29 is 9.34 Å². The van der Waals surface area contributed by atoms with Crippen LogP contribution >= 0.6 is 23.1 Å². The van der Waals surface area contributed by atoms with E-state index >= 15 is 0 Å². The third-order valence-electron chi connectivity index (χ3n) is 6.76. The van der Waals surface area contributed by atoms with Gasteiger partial charge in [0.2, 0.25) is 0 Å². The Morgan fingerprint density at radius 1 is 1.14 bits per heavy atom. The zero-order chi connectivity index (χ0) is 19.7. The Kier molecular flexibility index (Phi) is 3.83. The molecule has 5 unspecified atom stereocenters. The highest BCUT2D eigenvalue weighted by Crippen LogP contribution is 2.63. The number of hydrogen-bond acceptors (Lipinski definition) is 6. The van der Waals surface area contributed by atoms with Crippen molar-refractivity contribution in [3.63, 3.8) is 0 Å². The van der Waals surface area contributed by atoms with Crippen molar-refractivity contribution in [2.45, 2.75) is 35.5 Å². The molecule has 1 aliphatic heterocycles.